The number of aromatic nitrogens is 3. The van der Waals surface area contributed by atoms with Gasteiger partial charge in [0.1, 0.15) is 5.60 Å². The normalized spacial score (nSPS) is 15.8. The van der Waals surface area contributed by atoms with E-state index in [9.17, 15) is 19.7 Å². The molecular weight excluding hydrogens is 440 g/mol. The highest BCUT2D eigenvalue weighted by Crippen LogP contribution is 2.27. The molecular formula is C23H32N6O5. The van der Waals surface area contributed by atoms with Gasteiger partial charge < -0.3 is 15.4 Å². The number of nitro benzene ring substituents is 1. The molecule has 0 spiro atoms. The standard InChI is InChI=1S/C23H32N6O5/c1-16-19(26-27-28(16)17-10-9-11-18(14-17)29(32)33)20(30)24-15-23(12-7-5-6-8-13-23)25-21(31)34-22(2,3)4/h9-11,14H,5-8,12-13,15H2,1-4H3,(H,24,30)(H,25,31). The lowest BCUT2D eigenvalue weighted by Gasteiger charge is -2.35. The summed E-state index contributed by atoms with van der Waals surface area (Å²) in [5.74, 6) is -0.427. The lowest BCUT2D eigenvalue weighted by Crippen LogP contribution is -2.56. The van der Waals surface area contributed by atoms with Gasteiger partial charge in [0.2, 0.25) is 0 Å². The smallest absolute Gasteiger partial charge is 0.408 e. The minimum Gasteiger partial charge on any atom is -0.444 e. The van der Waals surface area contributed by atoms with Crippen LogP contribution in [0, 0.1) is 17.0 Å². The molecule has 0 unspecified atom stereocenters. The zero-order chi connectivity index (χ0) is 24.9. The van der Waals surface area contributed by atoms with Gasteiger partial charge in [-0.1, -0.05) is 37.0 Å². The number of nitrogens with one attached hydrogen (secondary N) is 2. The second-order valence-corrected chi connectivity index (χ2v) is 9.72. The predicted octanol–water partition coefficient (Wildman–Crippen LogP) is 3.83. The molecule has 1 saturated carbocycles. The Labute approximate surface area is 198 Å². The molecule has 0 saturated heterocycles. The van der Waals surface area contributed by atoms with Crippen molar-refractivity contribution >= 4 is 17.7 Å². The number of amides is 2. The molecule has 2 amide bonds. The maximum atomic E-state index is 13.0. The summed E-state index contributed by atoms with van der Waals surface area (Å²) in [6.45, 7) is 7.33. The van der Waals surface area contributed by atoms with Gasteiger partial charge in [-0.2, -0.15) is 0 Å². The Hall–Kier alpha value is -3.50. The largest absolute Gasteiger partial charge is 0.444 e. The maximum Gasteiger partial charge on any atom is 0.408 e. The van der Waals surface area contributed by atoms with Crippen molar-refractivity contribution in [3.63, 3.8) is 0 Å². The van der Waals surface area contributed by atoms with Gasteiger partial charge in [0.05, 0.1) is 21.8 Å². The van der Waals surface area contributed by atoms with Crippen molar-refractivity contribution in [2.45, 2.75) is 77.4 Å². The number of hydrogen-bond donors (Lipinski definition) is 2. The van der Waals surface area contributed by atoms with Gasteiger partial charge >= 0.3 is 6.09 Å². The molecule has 11 nitrogen and oxygen atoms in total. The number of ether oxygens (including phenoxy) is 1. The average Bonchev–Trinajstić information content (AvgIpc) is 2.99. The average molecular weight is 473 g/mol. The first kappa shape index (κ1) is 25.1. The molecule has 1 fully saturated rings. The molecule has 184 valence electrons. The Kier molecular flexibility index (Phi) is 7.53. The van der Waals surface area contributed by atoms with Crippen LogP contribution < -0.4 is 10.6 Å². The van der Waals surface area contributed by atoms with Gasteiger partial charge in [0, 0.05) is 18.7 Å². The van der Waals surface area contributed by atoms with Gasteiger partial charge in [-0.3, -0.25) is 14.9 Å². The molecule has 11 heteroatoms. The van der Waals surface area contributed by atoms with Crippen LogP contribution in [0.3, 0.4) is 0 Å². The second kappa shape index (κ2) is 10.2. The molecule has 0 atom stereocenters. The Morgan fingerprint density at radius 2 is 1.88 bits per heavy atom. The first-order valence-corrected chi connectivity index (χ1v) is 11.5. The molecule has 1 heterocycles. The van der Waals surface area contributed by atoms with E-state index in [1.165, 1.54) is 16.8 Å². The molecule has 0 radical (unpaired) electrons. The third-order valence-electron chi connectivity index (χ3n) is 5.81. The van der Waals surface area contributed by atoms with E-state index in [-0.39, 0.29) is 17.9 Å². The van der Waals surface area contributed by atoms with E-state index in [0.29, 0.717) is 11.4 Å². The number of rotatable bonds is 6. The van der Waals surface area contributed by atoms with E-state index in [4.69, 9.17) is 4.74 Å². The fourth-order valence-corrected chi connectivity index (χ4v) is 4.13. The number of non-ortho nitro benzene ring substituents is 1. The van der Waals surface area contributed by atoms with Crippen LogP contribution in [-0.4, -0.2) is 49.6 Å². The molecule has 1 aromatic carbocycles. The highest BCUT2D eigenvalue weighted by Gasteiger charge is 2.35. The van der Waals surface area contributed by atoms with Gasteiger partial charge in [0.15, 0.2) is 5.69 Å². The monoisotopic (exact) mass is 472 g/mol. The first-order chi connectivity index (χ1) is 16.0. The highest BCUT2D eigenvalue weighted by molar-refractivity contribution is 5.93. The minimum atomic E-state index is -0.624. The SMILES string of the molecule is Cc1c(C(=O)NCC2(NC(=O)OC(C)(C)C)CCCCCC2)nnn1-c1cccc([N+](=O)[O-])c1. The van der Waals surface area contributed by atoms with E-state index in [0.717, 1.165) is 38.5 Å². The quantitative estimate of drug-likeness (QED) is 0.370. The van der Waals surface area contributed by atoms with Crippen molar-refractivity contribution in [3.05, 3.63) is 45.8 Å². The number of carbonyl (C=O) groups excluding carboxylic acids is 2. The van der Waals surface area contributed by atoms with Crippen molar-refractivity contribution in [1.29, 1.82) is 0 Å². The molecule has 34 heavy (non-hydrogen) atoms. The summed E-state index contributed by atoms with van der Waals surface area (Å²) in [7, 11) is 0. The summed E-state index contributed by atoms with van der Waals surface area (Å²) in [5.41, 5.74) is -0.313. The van der Waals surface area contributed by atoms with Crippen LogP contribution in [-0.2, 0) is 4.74 Å². The lowest BCUT2D eigenvalue weighted by atomic mass is 9.90. The lowest BCUT2D eigenvalue weighted by molar-refractivity contribution is -0.384. The Bertz CT molecular complexity index is 1050. The van der Waals surface area contributed by atoms with Crippen LogP contribution >= 0.6 is 0 Å². The predicted molar refractivity (Wildman–Crippen MR) is 125 cm³/mol. The topological polar surface area (TPSA) is 141 Å². The van der Waals surface area contributed by atoms with Crippen LogP contribution in [0.4, 0.5) is 10.5 Å². The van der Waals surface area contributed by atoms with Crippen molar-refractivity contribution in [2.75, 3.05) is 6.54 Å². The second-order valence-electron chi connectivity index (χ2n) is 9.72. The van der Waals surface area contributed by atoms with E-state index in [1.54, 1.807) is 19.1 Å². The Balaban J connectivity index is 1.75. The van der Waals surface area contributed by atoms with Gasteiger partial charge in [-0.15, -0.1) is 5.10 Å². The Morgan fingerprint density at radius 1 is 1.21 bits per heavy atom. The van der Waals surface area contributed by atoms with Crippen LogP contribution in [0.5, 0.6) is 0 Å². The summed E-state index contributed by atoms with van der Waals surface area (Å²) in [4.78, 5) is 36.1. The zero-order valence-electron chi connectivity index (χ0n) is 20.1. The number of hydrogen-bond acceptors (Lipinski definition) is 7. The van der Waals surface area contributed by atoms with Crippen molar-refractivity contribution in [1.82, 2.24) is 25.6 Å². The van der Waals surface area contributed by atoms with Crippen LogP contribution in [0.1, 0.15) is 75.5 Å². The number of carbonyl (C=O) groups is 2. The van der Waals surface area contributed by atoms with Crippen molar-refractivity contribution in [3.8, 4) is 5.69 Å². The van der Waals surface area contributed by atoms with Gasteiger partial charge in [-0.25, -0.2) is 9.48 Å². The Morgan fingerprint density at radius 3 is 2.50 bits per heavy atom. The zero-order valence-corrected chi connectivity index (χ0v) is 20.1. The summed E-state index contributed by atoms with van der Waals surface area (Å²) in [6, 6.07) is 5.95. The molecule has 1 aliphatic rings. The fraction of sp³-hybridized carbons (Fsp3) is 0.565. The summed E-state index contributed by atoms with van der Waals surface area (Å²) in [6.07, 6.45) is 4.97. The fourth-order valence-electron chi connectivity index (χ4n) is 4.13. The molecule has 0 bridgehead atoms. The van der Waals surface area contributed by atoms with Crippen LogP contribution in [0.15, 0.2) is 24.3 Å². The first-order valence-electron chi connectivity index (χ1n) is 11.5. The summed E-state index contributed by atoms with van der Waals surface area (Å²) in [5, 5.41) is 25.0. The third-order valence-corrected chi connectivity index (χ3v) is 5.81. The number of nitro groups is 1. The van der Waals surface area contributed by atoms with E-state index in [1.807, 2.05) is 20.8 Å². The number of alkyl carbamates (subject to hydrolysis) is 1. The third kappa shape index (κ3) is 6.30. The van der Waals surface area contributed by atoms with E-state index >= 15 is 0 Å². The van der Waals surface area contributed by atoms with Crippen molar-refractivity contribution in [2.24, 2.45) is 0 Å². The highest BCUT2D eigenvalue weighted by atomic mass is 16.6. The molecule has 2 N–H and O–H groups in total. The van der Waals surface area contributed by atoms with Crippen LogP contribution in [0.2, 0.25) is 0 Å². The van der Waals surface area contributed by atoms with Crippen molar-refractivity contribution < 1.29 is 19.2 Å². The summed E-state index contributed by atoms with van der Waals surface area (Å²) < 4.78 is 6.85. The maximum absolute atomic E-state index is 13.0. The number of nitrogens with zero attached hydrogens (tertiary/aromatic N) is 4. The minimum absolute atomic E-state index is 0.0816. The molecule has 1 aliphatic carbocycles. The number of benzene rings is 1. The summed E-state index contributed by atoms with van der Waals surface area (Å²) >= 11 is 0. The van der Waals surface area contributed by atoms with E-state index in [2.05, 4.69) is 20.9 Å². The molecule has 2 aromatic rings. The molecule has 3 rings (SSSR count). The van der Waals surface area contributed by atoms with Gasteiger partial charge in [0.25, 0.3) is 11.6 Å². The van der Waals surface area contributed by atoms with E-state index < -0.39 is 28.1 Å². The molecule has 0 aliphatic heterocycles. The van der Waals surface area contributed by atoms with Crippen LogP contribution in [0.25, 0.3) is 5.69 Å². The van der Waals surface area contributed by atoms with Gasteiger partial charge in [-0.05, 0) is 46.6 Å². The molecule has 1 aromatic heterocycles.